The van der Waals surface area contributed by atoms with Crippen molar-refractivity contribution in [1.82, 2.24) is 25.8 Å². The first-order chi connectivity index (χ1) is 27.0. The van der Waals surface area contributed by atoms with E-state index in [0.717, 1.165) is 0 Å². The summed E-state index contributed by atoms with van der Waals surface area (Å²) in [6.07, 6.45) is -0.329. The lowest BCUT2D eigenvalue weighted by atomic mass is 10.1. The maximum Gasteiger partial charge on any atom is 0.408 e. The van der Waals surface area contributed by atoms with E-state index in [2.05, 4.69) is 25.8 Å². The molecular formula is C36H41N7O15. The van der Waals surface area contributed by atoms with E-state index in [4.69, 9.17) is 23.5 Å². The number of aliphatic carboxylic acids is 2. The van der Waals surface area contributed by atoms with Crippen LogP contribution in [0.25, 0.3) is 22.7 Å². The summed E-state index contributed by atoms with van der Waals surface area (Å²) in [5.74, 6) is -2.63. The molecule has 0 aliphatic rings. The zero-order valence-electron chi connectivity index (χ0n) is 32.3. The Morgan fingerprint density at radius 2 is 1.22 bits per heavy atom. The first kappa shape index (κ1) is 45.0. The lowest BCUT2D eigenvalue weighted by Gasteiger charge is -2.22. The molecule has 0 aliphatic heterocycles. The van der Waals surface area contributed by atoms with Gasteiger partial charge in [-0.2, -0.15) is 4.98 Å². The topological polar surface area (TPSA) is 308 Å². The summed E-state index contributed by atoms with van der Waals surface area (Å²) in [7, 11) is 0. The van der Waals surface area contributed by atoms with Crippen molar-refractivity contribution in [2.75, 3.05) is 13.2 Å². The maximum absolute atomic E-state index is 11.8. The van der Waals surface area contributed by atoms with Gasteiger partial charge in [-0.15, -0.1) is 0 Å². The number of carbonyl (C=O) groups excluding carboxylic acids is 2. The Morgan fingerprint density at radius 1 is 0.759 bits per heavy atom. The van der Waals surface area contributed by atoms with Crippen LogP contribution in [0.3, 0.4) is 0 Å². The Hall–Kier alpha value is -7.39. The molecule has 2 amide bonds. The molecule has 0 radical (unpaired) electrons. The molecule has 0 unspecified atom stereocenters. The molecule has 0 spiro atoms. The number of amides is 2. The minimum atomic E-state index is -1.48. The Bertz CT molecular complexity index is 2110. The van der Waals surface area contributed by atoms with E-state index >= 15 is 0 Å². The molecule has 2 heterocycles. The second-order valence-corrected chi connectivity index (χ2v) is 13.9. The summed E-state index contributed by atoms with van der Waals surface area (Å²) in [4.78, 5) is 75.9. The smallest absolute Gasteiger partial charge is 0.408 e. The number of benzene rings is 2. The zero-order valence-corrected chi connectivity index (χ0v) is 32.3. The Morgan fingerprint density at radius 3 is 1.60 bits per heavy atom. The average Bonchev–Trinajstić information content (AvgIpc) is 3.56. The van der Waals surface area contributed by atoms with E-state index < -0.39 is 76.2 Å². The third-order valence-corrected chi connectivity index (χ3v) is 6.84. The van der Waals surface area contributed by atoms with Gasteiger partial charge < -0.3 is 44.3 Å². The number of alkyl carbamates (subject to hydrolysis) is 2. The van der Waals surface area contributed by atoms with Crippen LogP contribution in [0.1, 0.15) is 47.4 Å². The summed E-state index contributed by atoms with van der Waals surface area (Å²) in [5, 5.41) is 49.3. The van der Waals surface area contributed by atoms with Gasteiger partial charge in [-0.25, -0.2) is 19.2 Å². The molecule has 0 fully saturated rings. The molecule has 0 aliphatic carbocycles. The van der Waals surface area contributed by atoms with Crippen molar-refractivity contribution in [3.05, 3.63) is 86.8 Å². The zero-order chi connectivity index (χ0) is 43.4. The van der Waals surface area contributed by atoms with Crippen molar-refractivity contribution in [2.24, 2.45) is 0 Å². The number of rotatable bonds is 14. The highest BCUT2D eigenvalue weighted by Crippen LogP contribution is 2.33. The van der Waals surface area contributed by atoms with Crippen LogP contribution in [0, 0.1) is 27.2 Å². The predicted octanol–water partition coefficient (Wildman–Crippen LogP) is 5.32. The van der Waals surface area contributed by atoms with Gasteiger partial charge in [0.2, 0.25) is 0 Å². The number of ether oxygens (including phenoxy) is 4. The molecule has 2 aromatic carbocycles. The van der Waals surface area contributed by atoms with Crippen molar-refractivity contribution in [3.63, 3.8) is 0 Å². The standard InChI is InChI=1S/C19H21N3O7.C17H20N4O8/c1-19(2,3)29-18(25)21-14(17(23)24)11-28-16-8-7-12(10-15(16)22(26)27)13-6-4-5-9-20-13;1-9-18-14(29-20-9)10-5-6-13(12(7-10)21(25)26)27-8-11(15(22)23)19-16(24)28-17(2,3)4/h4-10,14H,11H2,1-3H3,(H,21,25)(H,23,24);5-7,11H,8H2,1-4H3,(H,19,24)(H,22,23)/t14-;11-/m00/s1. The Kier molecular flexibility index (Phi) is 15.1. The third kappa shape index (κ3) is 14.4. The largest absolute Gasteiger partial charge is 0.484 e. The first-order valence-electron chi connectivity index (χ1n) is 17.0. The number of aromatic nitrogens is 3. The Labute approximate surface area is 329 Å². The molecule has 58 heavy (non-hydrogen) atoms. The minimum absolute atomic E-state index is 0.0900. The number of carbonyl (C=O) groups is 4. The monoisotopic (exact) mass is 811 g/mol. The quantitative estimate of drug-likeness (QED) is 0.0924. The predicted molar refractivity (Wildman–Crippen MR) is 200 cm³/mol. The first-order valence-corrected chi connectivity index (χ1v) is 17.0. The van der Waals surface area contributed by atoms with Crippen molar-refractivity contribution in [2.45, 2.75) is 71.8 Å². The van der Waals surface area contributed by atoms with E-state index in [9.17, 15) is 49.6 Å². The van der Waals surface area contributed by atoms with Crippen LogP contribution in [-0.2, 0) is 19.1 Å². The number of aryl methyl sites for hydroxylation is 1. The lowest BCUT2D eigenvalue weighted by molar-refractivity contribution is -0.386. The molecule has 4 aromatic rings. The number of pyridine rings is 1. The SMILES string of the molecule is CC(C)(C)OC(=O)N[C@@H](COc1ccc(-c2ccccn2)cc1[N+](=O)[O-])C(=O)O.Cc1noc(-c2ccc(OC[C@H](NC(=O)OC(C)(C)C)C(=O)O)c([N+](=O)[O-])c2)n1. The van der Waals surface area contributed by atoms with Crippen molar-refractivity contribution >= 4 is 35.5 Å². The summed E-state index contributed by atoms with van der Waals surface area (Å²) >= 11 is 0. The highest BCUT2D eigenvalue weighted by atomic mass is 16.6. The minimum Gasteiger partial charge on any atom is -0.484 e. The molecule has 4 N–H and O–H groups in total. The summed E-state index contributed by atoms with van der Waals surface area (Å²) in [6, 6.07) is 10.3. The number of hydrogen-bond acceptors (Lipinski definition) is 16. The fourth-order valence-electron chi connectivity index (χ4n) is 4.40. The number of nitro benzene ring substituents is 2. The third-order valence-electron chi connectivity index (χ3n) is 6.84. The fraction of sp³-hybridized carbons (Fsp3) is 0.361. The van der Waals surface area contributed by atoms with Gasteiger partial charge >= 0.3 is 35.5 Å². The number of nitrogens with one attached hydrogen (secondary N) is 2. The van der Waals surface area contributed by atoms with Crippen LogP contribution < -0.4 is 20.1 Å². The summed E-state index contributed by atoms with van der Waals surface area (Å²) < 4.78 is 25.6. The molecule has 2 atom stereocenters. The van der Waals surface area contributed by atoms with Crippen LogP contribution >= 0.6 is 0 Å². The second kappa shape index (κ2) is 19.5. The highest BCUT2D eigenvalue weighted by Gasteiger charge is 2.28. The normalized spacial score (nSPS) is 12.1. The van der Waals surface area contributed by atoms with Crippen molar-refractivity contribution < 1.29 is 62.7 Å². The number of nitrogens with zero attached hydrogens (tertiary/aromatic N) is 5. The van der Waals surface area contributed by atoms with E-state index in [0.29, 0.717) is 22.6 Å². The second-order valence-electron chi connectivity index (χ2n) is 13.9. The van der Waals surface area contributed by atoms with E-state index in [1.165, 1.54) is 30.3 Å². The summed E-state index contributed by atoms with van der Waals surface area (Å²) in [5.41, 5.74) is -1.08. The molecular weight excluding hydrogens is 770 g/mol. The van der Waals surface area contributed by atoms with Crippen molar-refractivity contribution in [3.8, 4) is 34.2 Å². The van der Waals surface area contributed by atoms with Crippen LogP contribution in [0.15, 0.2) is 65.3 Å². The number of hydrogen-bond donors (Lipinski definition) is 4. The van der Waals surface area contributed by atoms with Crippen molar-refractivity contribution in [1.29, 1.82) is 0 Å². The lowest BCUT2D eigenvalue weighted by Crippen LogP contribution is -2.46. The number of nitro groups is 2. The molecule has 22 nitrogen and oxygen atoms in total. The molecule has 4 rings (SSSR count). The molecule has 310 valence electrons. The van der Waals surface area contributed by atoms with Gasteiger partial charge in [-0.1, -0.05) is 11.2 Å². The maximum atomic E-state index is 11.8. The van der Waals surface area contributed by atoms with Gasteiger partial charge in [0.25, 0.3) is 5.89 Å². The molecule has 22 heteroatoms. The van der Waals surface area contributed by atoms with E-state index in [-0.39, 0.29) is 23.1 Å². The van der Waals surface area contributed by atoms with E-state index in [1.54, 1.807) is 78.9 Å². The van der Waals surface area contributed by atoms with Crippen LogP contribution in [0.5, 0.6) is 11.5 Å². The van der Waals surface area contributed by atoms with E-state index in [1.807, 2.05) is 0 Å². The van der Waals surface area contributed by atoms with Gasteiger partial charge in [0.1, 0.15) is 24.4 Å². The van der Waals surface area contributed by atoms with Crippen LogP contribution in [0.2, 0.25) is 0 Å². The van der Waals surface area contributed by atoms with Gasteiger partial charge in [-0.3, -0.25) is 25.2 Å². The van der Waals surface area contributed by atoms with Gasteiger partial charge in [0.15, 0.2) is 29.4 Å². The van der Waals surface area contributed by atoms with Gasteiger partial charge in [-0.05, 0) is 84.9 Å². The van der Waals surface area contributed by atoms with Gasteiger partial charge in [0.05, 0.1) is 15.5 Å². The van der Waals surface area contributed by atoms with Crippen LogP contribution in [0.4, 0.5) is 21.0 Å². The van der Waals surface area contributed by atoms with Gasteiger partial charge in [0, 0.05) is 29.5 Å². The molecule has 2 aromatic heterocycles. The highest BCUT2D eigenvalue weighted by molar-refractivity contribution is 5.81. The molecule has 0 saturated carbocycles. The average molecular weight is 812 g/mol. The fourth-order valence-corrected chi connectivity index (χ4v) is 4.40. The van der Waals surface area contributed by atoms with Crippen LogP contribution in [-0.4, -0.2) is 95.8 Å². The summed E-state index contributed by atoms with van der Waals surface area (Å²) in [6.45, 7) is 10.3. The number of carboxylic acid groups (broad SMARTS) is 2. The molecule has 0 bridgehead atoms. The molecule has 0 saturated heterocycles. The Balaban J connectivity index is 0.000000310. The number of carboxylic acids is 2.